The van der Waals surface area contributed by atoms with E-state index in [0.717, 1.165) is 30.8 Å². The van der Waals surface area contributed by atoms with Crippen molar-refractivity contribution in [1.82, 2.24) is 14.5 Å². The number of sulfonamides is 1. The molecule has 0 radical (unpaired) electrons. The molecule has 1 aromatic heterocycles. The minimum Gasteiger partial charge on any atom is -0.356 e. The predicted molar refractivity (Wildman–Crippen MR) is 130 cm³/mol. The SMILES string of the molecule is C[C@@H](C(=O)NCCCN(C)Cc1ccccc1)C1CCN(S(=O)(=O)c2ccc(Cl)s2)CC1. The number of halogens is 1. The number of carbonyl (C=O) groups is 1. The molecule has 0 spiro atoms. The highest BCUT2D eigenvalue weighted by molar-refractivity contribution is 7.91. The Balaban J connectivity index is 1.37. The van der Waals surface area contributed by atoms with E-state index >= 15 is 0 Å². The highest BCUT2D eigenvalue weighted by Crippen LogP contribution is 2.32. The summed E-state index contributed by atoms with van der Waals surface area (Å²) in [7, 11) is -1.41. The van der Waals surface area contributed by atoms with Gasteiger partial charge in [-0.05, 0) is 56.5 Å². The van der Waals surface area contributed by atoms with Crippen LogP contribution in [0.4, 0.5) is 0 Å². The summed E-state index contributed by atoms with van der Waals surface area (Å²) >= 11 is 6.98. The Hall–Kier alpha value is -1.45. The van der Waals surface area contributed by atoms with Crippen molar-refractivity contribution >= 4 is 38.9 Å². The third-order valence-electron chi connectivity index (χ3n) is 6.07. The quantitative estimate of drug-likeness (QED) is 0.502. The smallest absolute Gasteiger partial charge is 0.252 e. The lowest BCUT2D eigenvalue weighted by molar-refractivity contribution is -0.126. The number of piperidine rings is 1. The van der Waals surface area contributed by atoms with Crippen LogP contribution in [0.25, 0.3) is 0 Å². The van der Waals surface area contributed by atoms with E-state index in [0.29, 0.717) is 36.8 Å². The maximum Gasteiger partial charge on any atom is 0.252 e. The van der Waals surface area contributed by atoms with E-state index < -0.39 is 10.0 Å². The Morgan fingerprint density at radius 1 is 1.22 bits per heavy atom. The lowest BCUT2D eigenvalue weighted by Crippen LogP contribution is -2.42. The molecule has 1 amide bonds. The highest BCUT2D eigenvalue weighted by Gasteiger charge is 2.34. The summed E-state index contributed by atoms with van der Waals surface area (Å²) < 4.78 is 27.8. The minimum atomic E-state index is -3.50. The lowest BCUT2D eigenvalue weighted by atomic mass is 9.85. The molecule has 2 aromatic rings. The topological polar surface area (TPSA) is 69.7 Å². The maximum absolute atomic E-state index is 12.8. The van der Waals surface area contributed by atoms with Gasteiger partial charge in [0.25, 0.3) is 10.0 Å². The van der Waals surface area contributed by atoms with Crippen LogP contribution in [0.2, 0.25) is 4.34 Å². The predicted octanol–water partition coefficient (Wildman–Crippen LogP) is 4.08. The van der Waals surface area contributed by atoms with Crippen molar-refractivity contribution in [2.45, 2.75) is 36.9 Å². The van der Waals surface area contributed by atoms with E-state index in [4.69, 9.17) is 11.6 Å². The number of thiophene rings is 1. The number of nitrogens with one attached hydrogen (secondary N) is 1. The molecule has 1 N–H and O–H groups in total. The van der Waals surface area contributed by atoms with Crippen molar-refractivity contribution in [1.29, 1.82) is 0 Å². The van der Waals surface area contributed by atoms with Crippen LogP contribution in [-0.2, 0) is 21.4 Å². The van der Waals surface area contributed by atoms with E-state index in [1.54, 1.807) is 12.1 Å². The molecule has 1 saturated heterocycles. The van der Waals surface area contributed by atoms with Crippen LogP contribution in [0, 0.1) is 11.8 Å². The number of carbonyl (C=O) groups excluding carboxylic acids is 1. The number of benzene rings is 1. The Labute approximate surface area is 200 Å². The van der Waals surface area contributed by atoms with Crippen molar-refractivity contribution in [2.24, 2.45) is 11.8 Å². The zero-order chi connectivity index (χ0) is 23.1. The van der Waals surface area contributed by atoms with Gasteiger partial charge >= 0.3 is 0 Å². The van der Waals surface area contributed by atoms with E-state index in [-0.39, 0.29) is 22.0 Å². The fourth-order valence-corrected chi connectivity index (χ4v) is 7.20. The average molecular weight is 498 g/mol. The summed E-state index contributed by atoms with van der Waals surface area (Å²) in [5.74, 6) is 0.120. The third kappa shape index (κ3) is 6.78. The fraction of sp³-hybridized carbons (Fsp3) is 0.522. The Bertz CT molecular complexity index is 973. The Kier molecular flexibility index (Phi) is 9.13. The van der Waals surface area contributed by atoms with Gasteiger partial charge in [-0.15, -0.1) is 11.3 Å². The van der Waals surface area contributed by atoms with Crippen molar-refractivity contribution in [3.8, 4) is 0 Å². The first-order chi connectivity index (χ1) is 15.3. The molecule has 2 heterocycles. The van der Waals surface area contributed by atoms with Gasteiger partial charge in [-0.3, -0.25) is 4.79 Å². The van der Waals surface area contributed by atoms with Crippen molar-refractivity contribution < 1.29 is 13.2 Å². The van der Waals surface area contributed by atoms with Gasteiger partial charge < -0.3 is 10.2 Å². The molecule has 0 unspecified atom stereocenters. The first-order valence-corrected chi connectivity index (χ1v) is 13.7. The second-order valence-electron chi connectivity index (χ2n) is 8.46. The van der Waals surface area contributed by atoms with Gasteiger partial charge in [0.15, 0.2) is 0 Å². The van der Waals surface area contributed by atoms with Gasteiger partial charge in [-0.2, -0.15) is 4.31 Å². The minimum absolute atomic E-state index is 0.0575. The standard InChI is InChI=1S/C23H32ClN3O3S2/c1-18(23(28)25-13-6-14-26(2)17-19-7-4-3-5-8-19)20-11-15-27(16-12-20)32(29,30)22-10-9-21(24)31-22/h3-5,7-10,18,20H,6,11-17H2,1-2H3,(H,25,28)/t18-/m1/s1. The average Bonchev–Trinajstić information content (AvgIpc) is 3.24. The van der Waals surface area contributed by atoms with Crippen LogP contribution >= 0.6 is 22.9 Å². The third-order valence-corrected chi connectivity index (χ3v) is 9.67. The number of amides is 1. The monoisotopic (exact) mass is 497 g/mol. The second kappa shape index (κ2) is 11.6. The first-order valence-electron chi connectivity index (χ1n) is 11.0. The largest absolute Gasteiger partial charge is 0.356 e. The van der Waals surface area contributed by atoms with Gasteiger partial charge in [0.2, 0.25) is 5.91 Å². The molecule has 176 valence electrons. The number of rotatable bonds is 10. The zero-order valence-corrected chi connectivity index (χ0v) is 21.1. The molecule has 0 bridgehead atoms. The van der Waals surface area contributed by atoms with Crippen LogP contribution in [0.1, 0.15) is 31.7 Å². The molecule has 1 atom stereocenters. The van der Waals surface area contributed by atoms with Gasteiger partial charge in [0, 0.05) is 32.1 Å². The van der Waals surface area contributed by atoms with Crippen molar-refractivity contribution in [3.05, 3.63) is 52.4 Å². The number of hydrogen-bond donors (Lipinski definition) is 1. The highest BCUT2D eigenvalue weighted by atomic mass is 35.5. The van der Waals surface area contributed by atoms with E-state index in [1.165, 1.54) is 9.87 Å². The normalized spacial score (nSPS) is 16.9. The molecule has 1 aliphatic heterocycles. The maximum atomic E-state index is 12.8. The van der Waals surface area contributed by atoms with Crippen LogP contribution in [-0.4, -0.2) is 56.8 Å². The van der Waals surface area contributed by atoms with Gasteiger partial charge in [0.05, 0.1) is 4.34 Å². The number of nitrogens with zero attached hydrogens (tertiary/aromatic N) is 2. The molecule has 6 nitrogen and oxygen atoms in total. The molecular formula is C23H32ClN3O3S2. The van der Waals surface area contributed by atoms with Crippen molar-refractivity contribution in [2.75, 3.05) is 33.2 Å². The molecule has 1 aromatic carbocycles. The summed E-state index contributed by atoms with van der Waals surface area (Å²) in [4.78, 5) is 14.9. The molecule has 1 fully saturated rings. The molecule has 9 heteroatoms. The van der Waals surface area contributed by atoms with E-state index in [2.05, 4.69) is 29.4 Å². The van der Waals surface area contributed by atoms with Gasteiger partial charge in [-0.1, -0.05) is 48.9 Å². The molecular weight excluding hydrogens is 466 g/mol. The fourth-order valence-electron chi connectivity index (χ4n) is 4.09. The van der Waals surface area contributed by atoms with Gasteiger partial charge in [0.1, 0.15) is 4.21 Å². The summed E-state index contributed by atoms with van der Waals surface area (Å²) in [6, 6.07) is 13.5. The van der Waals surface area contributed by atoms with Crippen LogP contribution in [0.3, 0.4) is 0 Å². The summed E-state index contributed by atoms with van der Waals surface area (Å²) in [6.45, 7) is 5.27. The second-order valence-corrected chi connectivity index (χ2v) is 12.3. The van der Waals surface area contributed by atoms with Gasteiger partial charge in [-0.25, -0.2) is 8.42 Å². The summed E-state index contributed by atoms with van der Waals surface area (Å²) in [5.41, 5.74) is 1.28. The zero-order valence-electron chi connectivity index (χ0n) is 18.7. The van der Waals surface area contributed by atoms with E-state index in [9.17, 15) is 13.2 Å². The van der Waals surface area contributed by atoms with Crippen LogP contribution in [0.5, 0.6) is 0 Å². The summed E-state index contributed by atoms with van der Waals surface area (Å²) in [5, 5.41) is 3.06. The number of hydrogen-bond acceptors (Lipinski definition) is 5. The Morgan fingerprint density at radius 3 is 2.53 bits per heavy atom. The lowest BCUT2D eigenvalue weighted by Gasteiger charge is -2.33. The molecule has 3 rings (SSSR count). The molecule has 32 heavy (non-hydrogen) atoms. The molecule has 0 aliphatic carbocycles. The van der Waals surface area contributed by atoms with Crippen molar-refractivity contribution in [3.63, 3.8) is 0 Å². The molecule has 0 saturated carbocycles. The molecule has 1 aliphatic rings. The first kappa shape index (κ1) is 25.2. The van der Waals surface area contributed by atoms with Crippen LogP contribution in [0.15, 0.2) is 46.7 Å². The van der Waals surface area contributed by atoms with Crippen LogP contribution < -0.4 is 5.32 Å². The Morgan fingerprint density at radius 2 is 1.91 bits per heavy atom. The summed E-state index contributed by atoms with van der Waals surface area (Å²) in [6.07, 6.45) is 2.27. The van der Waals surface area contributed by atoms with E-state index in [1.807, 2.05) is 25.1 Å².